The summed E-state index contributed by atoms with van der Waals surface area (Å²) in [5.41, 5.74) is 6.89. The number of rotatable bonds is 6. The van der Waals surface area contributed by atoms with E-state index in [2.05, 4.69) is 22.4 Å². The third-order valence-corrected chi connectivity index (χ3v) is 5.58. The van der Waals surface area contributed by atoms with E-state index in [0.29, 0.717) is 6.04 Å². The normalized spacial score (nSPS) is 30.4. The molecule has 0 spiro atoms. The van der Waals surface area contributed by atoms with Crippen molar-refractivity contribution in [3.8, 4) is 0 Å². The number of hydrogen-bond acceptors (Lipinski definition) is 5. The fourth-order valence-corrected chi connectivity index (χ4v) is 3.43. The molecule has 3 N–H and O–H groups in total. The summed E-state index contributed by atoms with van der Waals surface area (Å²) in [6.07, 6.45) is 9.28. The molecule has 2 aliphatic rings. The molecule has 0 aromatic rings. The molecule has 0 aromatic heterocycles. The van der Waals surface area contributed by atoms with E-state index in [0.717, 1.165) is 38.6 Å². The van der Waals surface area contributed by atoms with Crippen molar-refractivity contribution in [2.24, 2.45) is 5.73 Å². The van der Waals surface area contributed by atoms with Crippen molar-refractivity contribution in [2.45, 2.75) is 37.5 Å². The molecule has 3 unspecified atom stereocenters. The monoisotopic (exact) mass is 326 g/mol. The molecule has 1 saturated heterocycles. The van der Waals surface area contributed by atoms with Gasteiger partial charge in [0.15, 0.2) is 6.16 Å². The van der Waals surface area contributed by atoms with E-state index in [4.69, 9.17) is 10.5 Å². The number of allylic oxidation sites excluding steroid dienone is 1. The Labute approximate surface area is 134 Å². The first kappa shape index (κ1) is 17.6. The third-order valence-electron chi connectivity index (χ3n) is 4.73. The maximum absolute atomic E-state index is 11.1. The molecule has 124 valence electrons. The van der Waals surface area contributed by atoms with Crippen molar-refractivity contribution < 1.29 is 9.30 Å². The van der Waals surface area contributed by atoms with Gasteiger partial charge in [-0.1, -0.05) is 10.6 Å². The number of hydrogen-bond donors (Lipinski definition) is 2. The van der Waals surface area contributed by atoms with Crippen LogP contribution in [0.4, 0.5) is 0 Å². The van der Waals surface area contributed by atoms with Gasteiger partial charge in [0.25, 0.3) is 0 Å². The van der Waals surface area contributed by atoms with E-state index in [1.807, 2.05) is 13.0 Å². The van der Waals surface area contributed by atoms with Crippen LogP contribution in [-0.4, -0.2) is 62.2 Å². The molecule has 22 heavy (non-hydrogen) atoms. The van der Waals surface area contributed by atoms with E-state index in [1.165, 1.54) is 5.70 Å². The van der Waals surface area contributed by atoms with Crippen molar-refractivity contribution in [3.63, 3.8) is 0 Å². The van der Waals surface area contributed by atoms with Crippen LogP contribution in [0.3, 0.4) is 0 Å². The first-order chi connectivity index (χ1) is 10.4. The smallest absolute Gasteiger partial charge is 0.336 e. The van der Waals surface area contributed by atoms with E-state index < -0.39 is 13.4 Å². The molecule has 6 heteroatoms. The van der Waals surface area contributed by atoms with Crippen LogP contribution < -0.4 is 11.1 Å². The number of ether oxygens (including phenoxy) is 1. The largest absolute Gasteiger partial charge is 0.372 e. The van der Waals surface area contributed by atoms with Crippen molar-refractivity contribution >= 4 is 7.80 Å². The van der Waals surface area contributed by atoms with E-state index in [1.54, 1.807) is 13.8 Å². The Morgan fingerprint density at radius 2 is 2.18 bits per heavy atom. The van der Waals surface area contributed by atoms with Gasteiger partial charge in [-0.25, -0.2) is 0 Å². The van der Waals surface area contributed by atoms with Gasteiger partial charge in [0, 0.05) is 38.5 Å². The molecule has 0 amide bonds. The van der Waals surface area contributed by atoms with Crippen LogP contribution in [0.2, 0.25) is 0 Å². The Bertz CT molecular complexity index is 458. The summed E-state index contributed by atoms with van der Waals surface area (Å²) in [7, 11) is 0.680. The Morgan fingerprint density at radius 1 is 1.50 bits per heavy atom. The topological polar surface area (TPSA) is 67.6 Å². The molecular weight excluding hydrogens is 297 g/mol. The molecule has 1 aliphatic heterocycles. The van der Waals surface area contributed by atoms with Gasteiger partial charge in [-0.15, -0.1) is 0 Å². The Hall–Kier alpha value is -0.740. The summed E-state index contributed by atoms with van der Waals surface area (Å²) < 4.78 is 16.7. The predicted molar refractivity (Wildman–Crippen MR) is 91.6 cm³/mol. The lowest BCUT2D eigenvalue weighted by atomic mass is 9.90. The van der Waals surface area contributed by atoms with Crippen LogP contribution in [0.5, 0.6) is 0 Å². The second kappa shape index (κ2) is 7.69. The van der Waals surface area contributed by atoms with Crippen LogP contribution in [-0.2, 0) is 9.30 Å². The highest BCUT2D eigenvalue weighted by atomic mass is 31.1. The summed E-state index contributed by atoms with van der Waals surface area (Å²) in [6, 6.07) is 0.437. The average molecular weight is 326 g/mol. The van der Waals surface area contributed by atoms with Crippen molar-refractivity contribution in [2.75, 3.05) is 39.6 Å². The number of nitrogens with zero attached hydrogens (tertiary/aromatic N) is 1. The molecule has 2 rings (SSSR count). The van der Waals surface area contributed by atoms with Gasteiger partial charge >= 0.3 is 7.80 Å². The van der Waals surface area contributed by atoms with Crippen LogP contribution in [0.15, 0.2) is 23.9 Å². The maximum Gasteiger partial charge on any atom is 0.336 e. The lowest BCUT2D eigenvalue weighted by Crippen LogP contribution is -2.48. The second-order valence-corrected chi connectivity index (χ2v) is 8.11. The van der Waals surface area contributed by atoms with Crippen molar-refractivity contribution in [3.05, 3.63) is 23.9 Å². The summed E-state index contributed by atoms with van der Waals surface area (Å²) in [5.74, 6) is 0. The predicted octanol–water partition coefficient (Wildman–Crippen LogP) is 1.68. The van der Waals surface area contributed by atoms with Gasteiger partial charge in [0.05, 0.1) is 6.04 Å². The average Bonchev–Trinajstić information content (AvgIpc) is 2.50. The minimum atomic E-state index is -1.03. The summed E-state index contributed by atoms with van der Waals surface area (Å²) >= 11 is 0. The van der Waals surface area contributed by atoms with Gasteiger partial charge in [0.2, 0.25) is 0 Å². The summed E-state index contributed by atoms with van der Waals surface area (Å²) in [5, 5.41) is 3.52. The maximum atomic E-state index is 11.1. The fourth-order valence-electron chi connectivity index (χ4n) is 2.99. The highest BCUT2D eigenvalue weighted by Crippen LogP contribution is 2.27. The Morgan fingerprint density at radius 3 is 2.77 bits per heavy atom. The molecule has 5 nitrogen and oxygen atoms in total. The lowest BCUT2D eigenvalue weighted by Gasteiger charge is -2.39. The number of nitrogens with one attached hydrogen (secondary N) is 1. The second-order valence-electron chi connectivity index (χ2n) is 6.41. The molecule has 1 aliphatic carbocycles. The number of likely N-dealkylation sites (tertiary alicyclic amines) is 1. The van der Waals surface area contributed by atoms with Crippen LogP contribution >= 0.6 is 7.80 Å². The molecular formula is C16H29N3O2P+. The van der Waals surface area contributed by atoms with Crippen LogP contribution in [0, 0.1) is 0 Å². The zero-order chi connectivity index (χ0) is 16.2. The van der Waals surface area contributed by atoms with Crippen LogP contribution in [0.25, 0.3) is 0 Å². The SMILES string of the molecule is COC1(C)C=C(N2CCC(NCC[P+](C)=O)CC2)C=CC1N. The van der Waals surface area contributed by atoms with E-state index in [9.17, 15) is 4.57 Å². The van der Waals surface area contributed by atoms with Gasteiger partial charge < -0.3 is 20.7 Å². The molecule has 0 saturated carbocycles. The third kappa shape index (κ3) is 4.39. The first-order valence-electron chi connectivity index (χ1n) is 8.03. The van der Waals surface area contributed by atoms with E-state index >= 15 is 0 Å². The highest BCUT2D eigenvalue weighted by Gasteiger charge is 2.32. The van der Waals surface area contributed by atoms with Gasteiger partial charge in [-0.05, 0) is 31.9 Å². The zero-order valence-corrected chi connectivity index (χ0v) is 14.8. The quantitative estimate of drug-likeness (QED) is 0.727. The van der Waals surface area contributed by atoms with Crippen molar-refractivity contribution in [1.82, 2.24) is 10.2 Å². The van der Waals surface area contributed by atoms with Gasteiger partial charge in [0.1, 0.15) is 12.3 Å². The number of nitrogens with two attached hydrogens (primary N) is 1. The summed E-state index contributed by atoms with van der Waals surface area (Å²) in [4.78, 5) is 2.40. The molecule has 1 heterocycles. The Kier molecular flexibility index (Phi) is 6.16. The summed E-state index contributed by atoms with van der Waals surface area (Å²) in [6.45, 7) is 6.73. The first-order valence-corrected chi connectivity index (χ1v) is 9.92. The van der Waals surface area contributed by atoms with Gasteiger partial charge in [-0.2, -0.15) is 0 Å². The fraction of sp³-hybridized carbons (Fsp3) is 0.750. The Balaban J connectivity index is 1.85. The minimum absolute atomic E-state index is 0.100. The molecule has 3 atom stereocenters. The number of methoxy groups -OCH3 is 1. The molecule has 0 bridgehead atoms. The zero-order valence-electron chi connectivity index (χ0n) is 13.9. The van der Waals surface area contributed by atoms with E-state index in [-0.39, 0.29) is 6.04 Å². The molecule has 0 radical (unpaired) electrons. The molecule has 0 aromatic carbocycles. The van der Waals surface area contributed by atoms with Crippen molar-refractivity contribution in [1.29, 1.82) is 0 Å². The lowest BCUT2D eigenvalue weighted by molar-refractivity contribution is 0.0344. The highest BCUT2D eigenvalue weighted by molar-refractivity contribution is 7.43. The molecule has 1 fully saturated rings. The van der Waals surface area contributed by atoms with Crippen LogP contribution in [0.1, 0.15) is 19.8 Å². The minimum Gasteiger partial charge on any atom is -0.372 e. The standard InChI is InChI=1S/C16H29N3O2P/c1-16(21-2)12-14(4-5-15(16)17)19-9-6-13(7-10-19)18-8-11-22(3)20/h4-5,12-13,15,18H,6-11,17H2,1-3H3/q+1. The number of piperidine rings is 1. The van der Waals surface area contributed by atoms with Gasteiger partial charge in [-0.3, -0.25) is 0 Å².